The number of ketones is 1. The van der Waals surface area contributed by atoms with Gasteiger partial charge in [0.25, 0.3) is 0 Å². The predicted octanol–water partition coefficient (Wildman–Crippen LogP) is 5.42. The van der Waals surface area contributed by atoms with E-state index in [9.17, 15) is 4.79 Å². The molecule has 3 heteroatoms. The molecule has 0 aliphatic heterocycles. The molecule has 1 atom stereocenters. The fraction of sp³-hybridized carbons (Fsp3) is 0.0556. The van der Waals surface area contributed by atoms with Gasteiger partial charge in [-0.2, -0.15) is 0 Å². The Kier molecular flexibility index (Phi) is 4.18. The maximum Gasteiger partial charge on any atom is 0.175 e. The lowest BCUT2D eigenvalue weighted by Gasteiger charge is -2.15. The number of thiophene rings is 1. The van der Waals surface area contributed by atoms with Gasteiger partial charge in [-0.3, -0.25) is 4.79 Å². The van der Waals surface area contributed by atoms with Crippen molar-refractivity contribution in [3.8, 4) is 0 Å². The summed E-state index contributed by atoms with van der Waals surface area (Å²) in [6, 6.07) is 23.0. The number of halogens is 1. The Morgan fingerprint density at radius 1 is 0.857 bits per heavy atom. The third-order valence-electron chi connectivity index (χ3n) is 3.33. The topological polar surface area (TPSA) is 17.1 Å². The van der Waals surface area contributed by atoms with E-state index in [2.05, 4.69) is 0 Å². The third kappa shape index (κ3) is 3.07. The van der Waals surface area contributed by atoms with Gasteiger partial charge >= 0.3 is 0 Å². The van der Waals surface area contributed by atoms with Crippen LogP contribution in [0.4, 0.5) is 0 Å². The lowest BCUT2D eigenvalue weighted by molar-refractivity contribution is 0.0975. The molecule has 3 aromatic rings. The molecule has 1 nitrogen and oxygen atoms in total. The molecule has 0 radical (unpaired) electrons. The number of Topliss-reactive ketones (excluding diaryl/α,β-unsaturated/α-hetero) is 1. The molecule has 104 valence electrons. The Balaban J connectivity index is 2.07. The van der Waals surface area contributed by atoms with Crippen molar-refractivity contribution in [2.45, 2.75) is 5.92 Å². The molecule has 0 fully saturated rings. The minimum absolute atomic E-state index is 0.0975. The summed E-state index contributed by atoms with van der Waals surface area (Å²) < 4.78 is 0.701. The van der Waals surface area contributed by atoms with Gasteiger partial charge in [-0.15, -0.1) is 11.3 Å². The Labute approximate surface area is 132 Å². The van der Waals surface area contributed by atoms with Crippen LogP contribution in [0.15, 0.2) is 72.8 Å². The summed E-state index contributed by atoms with van der Waals surface area (Å²) >= 11 is 7.51. The van der Waals surface area contributed by atoms with E-state index >= 15 is 0 Å². The molecule has 1 unspecified atom stereocenters. The van der Waals surface area contributed by atoms with Crippen LogP contribution >= 0.6 is 22.9 Å². The van der Waals surface area contributed by atoms with Crippen LogP contribution in [-0.2, 0) is 0 Å². The number of carbonyl (C=O) groups is 1. The van der Waals surface area contributed by atoms with Gasteiger partial charge in [-0.25, -0.2) is 0 Å². The van der Waals surface area contributed by atoms with E-state index in [1.54, 1.807) is 0 Å². The first kappa shape index (κ1) is 14.1. The van der Waals surface area contributed by atoms with Gasteiger partial charge in [0.15, 0.2) is 5.78 Å². The zero-order valence-corrected chi connectivity index (χ0v) is 12.8. The summed E-state index contributed by atoms with van der Waals surface area (Å²) in [7, 11) is 0. The number of hydrogen-bond acceptors (Lipinski definition) is 2. The Morgan fingerprint density at radius 3 is 2.05 bits per heavy atom. The van der Waals surface area contributed by atoms with Crippen molar-refractivity contribution in [1.29, 1.82) is 0 Å². The average molecular weight is 313 g/mol. The summed E-state index contributed by atoms with van der Waals surface area (Å²) in [4.78, 5) is 13.9. The van der Waals surface area contributed by atoms with E-state index in [-0.39, 0.29) is 11.7 Å². The Bertz CT molecular complexity index is 734. The molecular weight excluding hydrogens is 300 g/mol. The molecule has 21 heavy (non-hydrogen) atoms. The van der Waals surface area contributed by atoms with Gasteiger partial charge < -0.3 is 0 Å². The van der Waals surface area contributed by atoms with Crippen molar-refractivity contribution >= 4 is 28.7 Å². The highest BCUT2D eigenvalue weighted by atomic mass is 35.5. The second kappa shape index (κ2) is 6.25. The molecule has 0 aliphatic rings. The molecule has 0 bridgehead atoms. The number of benzene rings is 2. The van der Waals surface area contributed by atoms with Gasteiger partial charge in [0, 0.05) is 10.4 Å². The van der Waals surface area contributed by atoms with Gasteiger partial charge in [0.2, 0.25) is 0 Å². The van der Waals surface area contributed by atoms with Crippen LogP contribution < -0.4 is 0 Å². The SMILES string of the molecule is O=C(c1ccccc1)C(c1ccccc1)c1ccc(Cl)s1. The maximum absolute atomic E-state index is 12.9. The molecule has 0 saturated carbocycles. The second-order valence-corrected chi connectivity index (χ2v) is 6.46. The standard InChI is InChI=1S/C18H13ClOS/c19-16-12-11-15(21-16)17(13-7-3-1-4-8-13)18(20)14-9-5-2-6-10-14/h1-12,17H. The van der Waals surface area contributed by atoms with E-state index < -0.39 is 0 Å². The number of hydrogen-bond donors (Lipinski definition) is 0. The lowest BCUT2D eigenvalue weighted by atomic mass is 9.89. The highest BCUT2D eigenvalue weighted by molar-refractivity contribution is 7.16. The van der Waals surface area contributed by atoms with Gasteiger partial charge in [-0.1, -0.05) is 72.3 Å². The first-order valence-corrected chi connectivity index (χ1v) is 7.84. The molecule has 0 N–H and O–H groups in total. The molecule has 2 aromatic carbocycles. The van der Waals surface area contributed by atoms with Crippen LogP contribution in [0.2, 0.25) is 4.34 Å². The first-order valence-electron chi connectivity index (χ1n) is 6.65. The highest BCUT2D eigenvalue weighted by Crippen LogP contribution is 2.35. The summed E-state index contributed by atoms with van der Waals surface area (Å²) in [5, 5.41) is 0. The van der Waals surface area contributed by atoms with E-state index in [1.807, 2.05) is 72.8 Å². The molecular formula is C18H13ClOS. The van der Waals surface area contributed by atoms with Crippen molar-refractivity contribution in [3.63, 3.8) is 0 Å². The molecule has 1 aromatic heterocycles. The summed E-state index contributed by atoms with van der Waals surface area (Å²) in [6.45, 7) is 0. The molecule has 0 amide bonds. The Hall–Kier alpha value is -1.90. The van der Waals surface area contributed by atoms with E-state index in [1.165, 1.54) is 11.3 Å². The van der Waals surface area contributed by atoms with E-state index in [4.69, 9.17) is 11.6 Å². The quantitative estimate of drug-likeness (QED) is 0.588. The number of rotatable bonds is 4. The van der Waals surface area contributed by atoms with Crippen molar-refractivity contribution in [1.82, 2.24) is 0 Å². The third-order valence-corrected chi connectivity index (χ3v) is 4.63. The zero-order valence-electron chi connectivity index (χ0n) is 11.2. The molecule has 0 saturated heterocycles. The van der Waals surface area contributed by atoms with Crippen molar-refractivity contribution in [2.75, 3.05) is 0 Å². The minimum Gasteiger partial charge on any atom is -0.293 e. The van der Waals surface area contributed by atoms with Gasteiger partial charge in [-0.05, 0) is 17.7 Å². The highest BCUT2D eigenvalue weighted by Gasteiger charge is 2.25. The van der Waals surface area contributed by atoms with Crippen LogP contribution in [0.5, 0.6) is 0 Å². The van der Waals surface area contributed by atoms with Gasteiger partial charge in [0.1, 0.15) is 0 Å². The molecule has 3 rings (SSSR count). The Morgan fingerprint density at radius 2 is 1.48 bits per heavy atom. The van der Waals surface area contributed by atoms with Crippen LogP contribution in [0.25, 0.3) is 0 Å². The fourth-order valence-corrected chi connectivity index (χ4v) is 3.53. The minimum atomic E-state index is -0.300. The van der Waals surface area contributed by atoms with Crippen LogP contribution in [0.1, 0.15) is 26.7 Å². The monoisotopic (exact) mass is 312 g/mol. The van der Waals surface area contributed by atoms with Gasteiger partial charge in [0.05, 0.1) is 10.3 Å². The molecule has 0 spiro atoms. The second-order valence-electron chi connectivity index (χ2n) is 4.72. The lowest BCUT2D eigenvalue weighted by Crippen LogP contribution is -2.13. The number of carbonyl (C=O) groups excluding carboxylic acids is 1. The fourth-order valence-electron chi connectivity index (χ4n) is 2.34. The van der Waals surface area contributed by atoms with E-state index in [0.717, 1.165) is 16.0 Å². The molecule has 0 aliphatic carbocycles. The van der Waals surface area contributed by atoms with Crippen LogP contribution in [0.3, 0.4) is 0 Å². The van der Waals surface area contributed by atoms with Crippen LogP contribution in [0, 0.1) is 0 Å². The van der Waals surface area contributed by atoms with Crippen molar-refractivity contribution < 1.29 is 4.79 Å². The maximum atomic E-state index is 12.9. The molecule has 1 heterocycles. The zero-order chi connectivity index (χ0) is 14.7. The smallest absolute Gasteiger partial charge is 0.175 e. The summed E-state index contributed by atoms with van der Waals surface area (Å²) in [5.74, 6) is -0.202. The largest absolute Gasteiger partial charge is 0.293 e. The van der Waals surface area contributed by atoms with Crippen LogP contribution in [-0.4, -0.2) is 5.78 Å². The van der Waals surface area contributed by atoms with Crippen molar-refractivity contribution in [2.24, 2.45) is 0 Å². The predicted molar refractivity (Wildman–Crippen MR) is 88.4 cm³/mol. The van der Waals surface area contributed by atoms with Crippen molar-refractivity contribution in [3.05, 3.63) is 93.1 Å². The normalized spacial score (nSPS) is 12.0. The summed E-state index contributed by atoms with van der Waals surface area (Å²) in [6.07, 6.45) is 0. The first-order chi connectivity index (χ1) is 10.3. The van der Waals surface area contributed by atoms with E-state index in [0.29, 0.717) is 4.34 Å². The average Bonchev–Trinajstić information content (AvgIpc) is 2.95. The summed E-state index contributed by atoms with van der Waals surface area (Å²) in [5.41, 5.74) is 1.71.